The maximum Gasteiger partial charge on any atom is 0.293 e. The summed E-state index contributed by atoms with van der Waals surface area (Å²) in [6.45, 7) is 2.26. The standard InChI is InChI=1S/C23H16ClNO4S2/c1-13-2-4-14(5-3-13)16-6-17(30-11-16)8-21-22(26)25(23(27)31-21)10-15-7-19-20(9-18(15)24)29-12-28-19/h2-9,11H,10,12H2,1H3/b21-8-. The van der Waals surface area contributed by atoms with Crippen molar-refractivity contribution in [2.75, 3.05) is 6.79 Å². The number of amides is 2. The highest BCUT2D eigenvalue weighted by atomic mass is 35.5. The van der Waals surface area contributed by atoms with Crippen molar-refractivity contribution in [3.8, 4) is 22.6 Å². The number of fused-ring (bicyclic) bond motifs is 1. The van der Waals surface area contributed by atoms with Crippen LogP contribution in [0.25, 0.3) is 17.2 Å². The number of hydrogen-bond acceptors (Lipinski definition) is 6. The monoisotopic (exact) mass is 469 g/mol. The van der Waals surface area contributed by atoms with Gasteiger partial charge in [0.15, 0.2) is 11.5 Å². The maximum absolute atomic E-state index is 12.9. The van der Waals surface area contributed by atoms with Gasteiger partial charge in [0.25, 0.3) is 11.1 Å². The maximum atomic E-state index is 12.9. The zero-order valence-electron chi connectivity index (χ0n) is 16.4. The lowest BCUT2D eigenvalue weighted by Crippen LogP contribution is -2.27. The SMILES string of the molecule is Cc1ccc(-c2csc(/C=C3\SC(=O)N(Cc4cc5c(cc4Cl)OCO5)C3=O)c2)cc1. The predicted molar refractivity (Wildman–Crippen MR) is 124 cm³/mol. The van der Waals surface area contributed by atoms with Gasteiger partial charge in [0.2, 0.25) is 6.79 Å². The number of benzene rings is 2. The summed E-state index contributed by atoms with van der Waals surface area (Å²) in [6.07, 6.45) is 1.77. The highest BCUT2D eigenvalue weighted by Gasteiger charge is 2.35. The van der Waals surface area contributed by atoms with Crippen LogP contribution in [0.2, 0.25) is 5.02 Å². The summed E-state index contributed by atoms with van der Waals surface area (Å²) in [5.41, 5.74) is 4.04. The highest BCUT2D eigenvalue weighted by Crippen LogP contribution is 2.40. The van der Waals surface area contributed by atoms with Gasteiger partial charge in [0, 0.05) is 16.0 Å². The normalized spacial score (nSPS) is 16.6. The minimum absolute atomic E-state index is 0.0799. The number of ether oxygens (including phenoxy) is 2. The number of carbonyl (C=O) groups excluding carboxylic acids is 2. The van der Waals surface area contributed by atoms with Crippen LogP contribution in [0.15, 0.2) is 52.7 Å². The second-order valence-corrected chi connectivity index (χ2v) is 9.51. The van der Waals surface area contributed by atoms with Crippen molar-refractivity contribution in [3.63, 3.8) is 0 Å². The molecule has 5 rings (SSSR count). The van der Waals surface area contributed by atoms with E-state index in [0.29, 0.717) is 27.0 Å². The van der Waals surface area contributed by atoms with Crippen molar-refractivity contribution in [3.05, 3.63) is 73.8 Å². The van der Waals surface area contributed by atoms with Gasteiger partial charge in [-0.05, 0) is 59.0 Å². The van der Waals surface area contributed by atoms with E-state index >= 15 is 0 Å². The van der Waals surface area contributed by atoms with Gasteiger partial charge in [-0.3, -0.25) is 14.5 Å². The third-order valence-electron chi connectivity index (χ3n) is 5.02. The van der Waals surface area contributed by atoms with Gasteiger partial charge < -0.3 is 9.47 Å². The molecule has 0 saturated carbocycles. The molecular weight excluding hydrogens is 454 g/mol. The summed E-state index contributed by atoms with van der Waals surface area (Å²) in [4.78, 5) is 28.0. The summed E-state index contributed by atoms with van der Waals surface area (Å²) in [6, 6.07) is 13.7. The molecule has 0 spiro atoms. The van der Waals surface area contributed by atoms with E-state index in [-0.39, 0.29) is 24.5 Å². The fourth-order valence-electron chi connectivity index (χ4n) is 3.34. The molecule has 3 aromatic rings. The van der Waals surface area contributed by atoms with Crippen molar-refractivity contribution in [1.29, 1.82) is 0 Å². The molecule has 0 aliphatic carbocycles. The Kier molecular flexibility index (Phi) is 5.25. The van der Waals surface area contributed by atoms with Gasteiger partial charge in [0.05, 0.1) is 11.4 Å². The first kappa shape index (κ1) is 20.2. The van der Waals surface area contributed by atoms with Crippen molar-refractivity contribution in [2.45, 2.75) is 13.5 Å². The quantitative estimate of drug-likeness (QED) is 0.417. The van der Waals surface area contributed by atoms with E-state index in [1.165, 1.54) is 21.8 Å². The van der Waals surface area contributed by atoms with E-state index in [4.69, 9.17) is 21.1 Å². The van der Waals surface area contributed by atoms with Crippen LogP contribution in [0.5, 0.6) is 11.5 Å². The zero-order valence-corrected chi connectivity index (χ0v) is 18.8. The largest absolute Gasteiger partial charge is 0.454 e. The van der Waals surface area contributed by atoms with E-state index in [1.807, 2.05) is 11.4 Å². The van der Waals surface area contributed by atoms with E-state index in [1.54, 1.807) is 18.2 Å². The smallest absolute Gasteiger partial charge is 0.293 e. The Morgan fingerprint density at radius 1 is 1.06 bits per heavy atom. The van der Waals surface area contributed by atoms with Crippen LogP contribution in [0.4, 0.5) is 4.79 Å². The fourth-order valence-corrected chi connectivity index (χ4v) is 5.31. The zero-order chi connectivity index (χ0) is 21.5. The van der Waals surface area contributed by atoms with Crippen molar-refractivity contribution >= 4 is 51.9 Å². The van der Waals surface area contributed by atoms with Crippen molar-refractivity contribution in [1.82, 2.24) is 4.90 Å². The molecule has 1 aromatic heterocycles. The number of hydrogen-bond donors (Lipinski definition) is 0. The average molecular weight is 470 g/mol. The van der Waals surface area contributed by atoms with Gasteiger partial charge in [0.1, 0.15) is 0 Å². The molecule has 0 atom stereocenters. The Morgan fingerprint density at radius 3 is 2.58 bits per heavy atom. The summed E-state index contributed by atoms with van der Waals surface area (Å²) in [5.74, 6) is 0.794. The van der Waals surface area contributed by atoms with Crippen LogP contribution in [0.3, 0.4) is 0 Å². The summed E-state index contributed by atoms with van der Waals surface area (Å²) in [5, 5.41) is 2.15. The van der Waals surface area contributed by atoms with E-state index in [9.17, 15) is 9.59 Å². The Labute approximate surface area is 192 Å². The molecule has 5 nitrogen and oxygen atoms in total. The van der Waals surface area contributed by atoms with Crippen LogP contribution in [-0.2, 0) is 11.3 Å². The van der Waals surface area contributed by atoms with Crippen LogP contribution < -0.4 is 9.47 Å². The number of carbonyl (C=O) groups is 2. The Balaban J connectivity index is 1.36. The third-order valence-corrected chi connectivity index (χ3v) is 7.16. The summed E-state index contributed by atoms with van der Waals surface area (Å²) < 4.78 is 10.7. The molecule has 31 heavy (non-hydrogen) atoms. The Hall–Kier alpha value is -2.74. The van der Waals surface area contributed by atoms with Crippen LogP contribution >= 0.6 is 34.7 Å². The lowest BCUT2D eigenvalue weighted by Gasteiger charge is -2.14. The lowest BCUT2D eigenvalue weighted by atomic mass is 10.1. The number of halogens is 1. The number of aryl methyl sites for hydroxylation is 1. The molecule has 3 heterocycles. The first-order chi connectivity index (χ1) is 15.0. The van der Waals surface area contributed by atoms with Gasteiger partial charge in [-0.25, -0.2) is 0 Å². The number of imide groups is 1. The number of nitrogens with zero attached hydrogens (tertiary/aromatic N) is 1. The summed E-state index contributed by atoms with van der Waals surface area (Å²) in [7, 11) is 0. The molecule has 2 aromatic carbocycles. The molecule has 0 N–H and O–H groups in total. The molecule has 2 aliphatic rings. The topological polar surface area (TPSA) is 55.8 Å². The second-order valence-electron chi connectivity index (χ2n) is 7.17. The van der Waals surface area contributed by atoms with E-state index in [2.05, 4.69) is 31.2 Å². The molecule has 2 amide bonds. The van der Waals surface area contributed by atoms with Gasteiger partial charge >= 0.3 is 0 Å². The van der Waals surface area contributed by atoms with E-state index in [0.717, 1.165) is 27.8 Å². The average Bonchev–Trinajstić information content (AvgIpc) is 3.45. The Morgan fingerprint density at radius 2 is 1.81 bits per heavy atom. The fraction of sp³-hybridized carbons (Fsp3) is 0.130. The van der Waals surface area contributed by atoms with Crippen LogP contribution in [0.1, 0.15) is 16.0 Å². The van der Waals surface area contributed by atoms with Gasteiger partial charge in [-0.15, -0.1) is 11.3 Å². The van der Waals surface area contributed by atoms with Gasteiger partial charge in [-0.1, -0.05) is 41.4 Å². The molecular formula is C23H16ClNO4S2. The van der Waals surface area contributed by atoms with E-state index < -0.39 is 0 Å². The molecule has 0 radical (unpaired) electrons. The number of rotatable bonds is 4. The van der Waals surface area contributed by atoms with Crippen LogP contribution in [-0.4, -0.2) is 22.8 Å². The first-order valence-corrected chi connectivity index (χ1v) is 11.5. The first-order valence-electron chi connectivity index (χ1n) is 9.47. The number of thiophene rings is 1. The van der Waals surface area contributed by atoms with Gasteiger partial charge in [-0.2, -0.15) is 0 Å². The molecule has 156 valence electrons. The third kappa shape index (κ3) is 3.96. The molecule has 1 saturated heterocycles. The van der Waals surface area contributed by atoms with Crippen molar-refractivity contribution < 1.29 is 19.1 Å². The second kappa shape index (κ2) is 8.07. The number of thioether (sulfide) groups is 1. The Bertz CT molecular complexity index is 1230. The predicted octanol–water partition coefficient (Wildman–Crippen LogP) is 6.34. The molecule has 0 unspecified atom stereocenters. The minimum atomic E-state index is -0.325. The molecule has 0 bridgehead atoms. The lowest BCUT2D eigenvalue weighted by molar-refractivity contribution is -0.123. The minimum Gasteiger partial charge on any atom is -0.454 e. The van der Waals surface area contributed by atoms with Crippen molar-refractivity contribution in [2.24, 2.45) is 0 Å². The summed E-state index contributed by atoms with van der Waals surface area (Å²) >= 11 is 8.79. The van der Waals surface area contributed by atoms with Crippen LogP contribution in [0, 0.1) is 6.92 Å². The molecule has 2 aliphatic heterocycles. The molecule has 1 fully saturated rings. The molecule has 8 heteroatoms. The highest BCUT2D eigenvalue weighted by molar-refractivity contribution is 8.18.